The number of thiophene rings is 1. The minimum atomic E-state index is -0.0551. The van der Waals surface area contributed by atoms with Gasteiger partial charge in [-0.2, -0.15) is 0 Å². The lowest BCUT2D eigenvalue weighted by Crippen LogP contribution is -2.49. The van der Waals surface area contributed by atoms with Crippen LogP contribution in [0.4, 0.5) is 11.5 Å². The lowest BCUT2D eigenvalue weighted by atomic mass is 9.93. The molecule has 2 saturated heterocycles. The van der Waals surface area contributed by atoms with Crippen LogP contribution in [-0.4, -0.2) is 75.5 Å². The Kier molecular flexibility index (Phi) is 6.99. The summed E-state index contributed by atoms with van der Waals surface area (Å²) in [5, 5.41) is 5.40. The molecule has 0 unspecified atom stereocenters. The first-order chi connectivity index (χ1) is 18.6. The first-order valence-corrected chi connectivity index (χ1v) is 14.2. The monoisotopic (exact) mass is 532 g/mol. The Labute approximate surface area is 225 Å². The molecule has 10 heteroatoms. The van der Waals surface area contributed by atoms with E-state index in [1.807, 2.05) is 42.3 Å². The number of H-pyrrole nitrogens is 1. The molecular formula is C28H32N6O3S. The third kappa shape index (κ3) is 4.98. The van der Waals surface area contributed by atoms with Gasteiger partial charge in [-0.1, -0.05) is 6.07 Å². The van der Waals surface area contributed by atoms with Crippen LogP contribution in [0, 0.1) is 5.92 Å². The summed E-state index contributed by atoms with van der Waals surface area (Å²) in [7, 11) is 0. The summed E-state index contributed by atoms with van der Waals surface area (Å²) in [5.41, 5.74) is 1.97. The highest BCUT2D eigenvalue weighted by Crippen LogP contribution is 2.32. The molecule has 0 atom stereocenters. The molecule has 3 aromatic heterocycles. The van der Waals surface area contributed by atoms with Gasteiger partial charge in [-0.15, -0.1) is 11.3 Å². The van der Waals surface area contributed by atoms with Crippen molar-refractivity contribution in [2.45, 2.75) is 38.6 Å². The Bertz CT molecular complexity index is 1450. The van der Waals surface area contributed by atoms with Crippen molar-refractivity contribution in [3.63, 3.8) is 0 Å². The number of piperidine rings is 2. The summed E-state index contributed by atoms with van der Waals surface area (Å²) in [6.07, 6.45) is 7.08. The van der Waals surface area contributed by atoms with Crippen LogP contribution in [0.25, 0.3) is 21.1 Å². The lowest BCUT2D eigenvalue weighted by Gasteiger charge is -2.41. The molecule has 38 heavy (non-hydrogen) atoms. The molecule has 1 amide bonds. The summed E-state index contributed by atoms with van der Waals surface area (Å²) in [5.74, 6) is 0.729. The molecule has 9 nitrogen and oxygen atoms in total. The normalized spacial score (nSPS) is 17.8. The number of carbonyl (C=O) groups excluding carboxylic acids is 2. The van der Waals surface area contributed by atoms with Gasteiger partial charge in [-0.25, -0.2) is 9.97 Å². The zero-order chi connectivity index (χ0) is 26.1. The largest absolute Gasteiger partial charge is 0.466 e. The number of carbonyl (C=O) groups is 2. The molecule has 198 valence electrons. The fourth-order valence-corrected chi connectivity index (χ4v) is 6.64. The van der Waals surface area contributed by atoms with Gasteiger partial charge in [0.1, 0.15) is 17.0 Å². The van der Waals surface area contributed by atoms with E-state index in [1.165, 1.54) is 11.3 Å². The van der Waals surface area contributed by atoms with Gasteiger partial charge >= 0.3 is 5.97 Å². The highest BCUT2D eigenvalue weighted by atomic mass is 32.1. The SMILES string of the molecule is CCOC(=O)C1CCN(C2CCN(C(=O)c3cc4c(Nc5ccc6cc[nH]c6c5)ncnc4s3)CC2)CC1. The predicted octanol–water partition coefficient (Wildman–Crippen LogP) is 4.80. The fourth-order valence-electron chi connectivity index (χ4n) is 5.67. The van der Waals surface area contributed by atoms with Crippen LogP contribution in [0.15, 0.2) is 42.9 Å². The summed E-state index contributed by atoms with van der Waals surface area (Å²) >= 11 is 1.42. The van der Waals surface area contributed by atoms with Crippen molar-refractivity contribution >= 4 is 55.8 Å². The van der Waals surface area contributed by atoms with Crippen molar-refractivity contribution in [3.8, 4) is 0 Å². The number of nitrogens with zero attached hydrogens (tertiary/aromatic N) is 4. The Morgan fingerprint density at radius 3 is 2.68 bits per heavy atom. The summed E-state index contributed by atoms with van der Waals surface area (Å²) < 4.78 is 5.20. The number of benzene rings is 1. The molecule has 2 aliphatic rings. The van der Waals surface area contributed by atoms with Gasteiger partial charge in [0.2, 0.25) is 0 Å². The number of ether oxygens (including phenoxy) is 1. The molecule has 0 bridgehead atoms. The number of amides is 1. The molecule has 5 heterocycles. The Balaban J connectivity index is 1.08. The van der Waals surface area contributed by atoms with Gasteiger partial charge in [0.25, 0.3) is 5.91 Å². The quantitative estimate of drug-likeness (QED) is 0.344. The molecule has 0 radical (unpaired) electrons. The number of esters is 1. The van der Waals surface area contributed by atoms with Crippen molar-refractivity contribution in [2.24, 2.45) is 5.92 Å². The van der Waals surface area contributed by atoms with Crippen molar-refractivity contribution < 1.29 is 14.3 Å². The molecule has 1 aromatic carbocycles. The van der Waals surface area contributed by atoms with Crippen LogP contribution in [0.2, 0.25) is 0 Å². The highest BCUT2D eigenvalue weighted by Gasteiger charge is 2.32. The van der Waals surface area contributed by atoms with Gasteiger partial charge in [0.15, 0.2) is 0 Å². The average Bonchev–Trinajstić information content (AvgIpc) is 3.60. The average molecular weight is 533 g/mol. The Morgan fingerprint density at radius 1 is 1.08 bits per heavy atom. The van der Waals surface area contributed by atoms with E-state index in [4.69, 9.17) is 4.74 Å². The second-order valence-corrected chi connectivity index (χ2v) is 11.1. The fraction of sp³-hybridized carbons (Fsp3) is 0.429. The van der Waals surface area contributed by atoms with Crippen molar-refractivity contribution in [1.29, 1.82) is 0 Å². The van der Waals surface area contributed by atoms with Crippen molar-refractivity contribution in [3.05, 3.63) is 47.7 Å². The second-order valence-electron chi connectivity index (χ2n) is 10.0. The zero-order valence-electron chi connectivity index (χ0n) is 21.5. The van der Waals surface area contributed by atoms with Crippen molar-refractivity contribution in [2.75, 3.05) is 38.1 Å². The molecule has 0 saturated carbocycles. The molecule has 2 aliphatic heterocycles. The number of anilines is 2. The van der Waals surface area contributed by atoms with Gasteiger partial charge < -0.3 is 24.8 Å². The number of hydrogen-bond donors (Lipinski definition) is 2. The molecular weight excluding hydrogens is 500 g/mol. The number of aromatic nitrogens is 3. The molecule has 0 spiro atoms. The van der Waals surface area contributed by atoms with Gasteiger partial charge in [0.05, 0.1) is 22.8 Å². The topological polar surface area (TPSA) is 103 Å². The van der Waals surface area contributed by atoms with Crippen molar-refractivity contribution in [1.82, 2.24) is 24.8 Å². The third-order valence-electron chi connectivity index (χ3n) is 7.78. The van der Waals surface area contributed by atoms with E-state index in [2.05, 4.69) is 31.2 Å². The van der Waals surface area contributed by atoms with E-state index < -0.39 is 0 Å². The highest BCUT2D eigenvalue weighted by molar-refractivity contribution is 7.20. The predicted molar refractivity (Wildman–Crippen MR) is 149 cm³/mol. The first kappa shape index (κ1) is 24.8. The number of hydrogen-bond acceptors (Lipinski definition) is 8. The number of aromatic amines is 1. The lowest BCUT2D eigenvalue weighted by molar-refractivity contribution is -0.149. The minimum Gasteiger partial charge on any atom is -0.466 e. The van der Waals surface area contributed by atoms with Crippen LogP contribution in [0.3, 0.4) is 0 Å². The number of nitrogens with one attached hydrogen (secondary N) is 2. The maximum atomic E-state index is 13.4. The van der Waals surface area contributed by atoms with E-state index >= 15 is 0 Å². The zero-order valence-corrected chi connectivity index (χ0v) is 22.3. The van der Waals surface area contributed by atoms with Crippen LogP contribution in [0.5, 0.6) is 0 Å². The maximum absolute atomic E-state index is 13.4. The molecule has 2 fully saturated rings. The Morgan fingerprint density at radius 2 is 1.89 bits per heavy atom. The van der Waals surface area contributed by atoms with E-state index in [0.29, 0.717) is 23.3 Å². The number of fused-ring (bicyclic) bond motifs is 2. The van der Waals surface area contributed by atoms with Crippen LogP contribution in [-0.2, 0) is 9.53 Å². The van der Waals surface area contributed by atoms with E-state index in [9.17, 15) is 9.59 Å². The van der Waals surface area contributed by atoms with E-state index in [-0.39, 0.29) is 17.8 Å². The van der Waals surface area contributed by atoms with Gasteiger partial charge in [-0.05, 0) is 75.3 Å². The Hall–Kier alpha value is -3.50. The molecule has 0 aliphatic carbocycles. The summed E-state index contributed by atoms with van der Waals surface area (Å²) in [4.78, 5) is 43.5. The third-order valence-corrected chi connectivity index (χ3v) is 8.81. The minimum absolute atomic E-state index is 0.0275. The van der Waals surface area contributed by atoms with E-state index in [0.717, 1.165) is 78.7 Å². The summed E-state index contributed by atoms with van der Waals surface area (Å²) in [6.45, 7) is 5.62. The molecule has 4 aromatic rings. The molecule has 2 N–H and O–H groups in total. The van der Waals surface area contributed by atoms with Gasteiger partial charge in [0, 0.05) is 36.5 Å². The number of likely N-dealkylation sites (tertiary alicyclic amines) is 2. The van der Waals surface area contributed by atoms with Gasteiger partial charge in [-0.3, -0.25) is 9.59 Å². The second kappa shape index (κ2) is 10.7. The van der Waals surface area contributed by atoms with Crippen LogP contribution < -0.4 is 5.32 Å². The maximum Gasteiger partial charge on any atom is 0.309 e. The first-order valence-electron chi connectivity index (χ1n) is 13.4. The van der Waals surface area contributed by atoms with Crippen LogP contribution in [0.1, 0.15) is 42.3 Å². The van der Waals surface area contributed by atoms with E-state index in [1.54, 1.807) is 6.33 Å². The smallest absolute Gasteiger partial charge is 0.309 e. The number of rotatable bonds is 6. The van der Waals surface area contributed by atoms with Crippen LogP contribution >= 0.6 is 11.3 Å². The standard InChI is InChI=1S/C28H32N6O3S/c1-2-37-28(36)19-6-11-33(12-7-19)21-8-13-34(14-9-21)27(35)24-16-22-25(30-17-31-26(22)38-24)32-20-4-3-18-5-10-29-23(18)15-20/h3-5,10,15-17,19,21,29H,2,6-9,11-14H2,1H3,(H,30,31,32). The molecule has 6 rings (SSSR count). The summed E-state index contributed by atoms with van der Waals surface area (Å²) in [6, 6.07) is 10.5.